The molecule has 0 saturated carbocycles. The maximum absolute atomic E-state index is 9.41. The highest BCUT2D eigenvalue weighted by Gasteiger charge is 2.30. The van der Waals surface area contributed by atoms with E-state index in [1.165, 1.54) is 116 Å². The van der Waals surface area contributed by atoms with Gasteiger partial charge in [-0.1, -0.05) is 147 Å². The Balaban J connectivity index is 3.17. The van der Waals surface area contributed by atoms with Gasteiger partial charge in [-0.3, -0.25) is 0 Å². The number of rotatable bonds is 23. The van der Waals surface area contributed by atoms with E-state index >= 15 is 0 Å². The molecule has 0 bridgehead atoms. The maximum Gasteiger partial charge on any atom is 0.148 e. The third-order valence-corrected chi connectivity index (χ3v) is 6.70. The smallest absolute Gasteiger partial charge is 0.148 e. The van der Waals surface area contributed by atoms with Gasteiger partial charge in [0.15, 0.2) is 0 Å². The standard InChI is InChI=1S/C25H52ClNO2/c1-2-3-4-5-6-7-8-9-10-11-12-13-14-15-16-17-18-19-20-21-22-25(27,23-28)24(26)29/h24,28-29H,2-23,27H2,1H3. The van der Waals surface area contributed by atoms with Gasteiger partial charge in [0.05, 0.1) is 12.1 Å². The van der Waals surface area contributed by atoms with Crippen LogP contribution in [0.5, 0.6) is 0 Å². The summed E-state index contributed by atoms with van der Waals surface area (Å²) in [5, 5.41) is 18.7. The summed E-state index contributed by atoms with van der Waals surface area (Å²) in [6, 6.07) is 0. The van der Waals surface area contributed by atoms with Gasteiger partial charge in [-0.15, -0.1) is 0 Å². The summed E-state index contributed by atoms with van der Waals surface area (Å²) in [5.41, 5.74) is 3.67. The molecule has 0 aromatic carbocycles. The van der Waals surface area contributed by atoms with E-state index in [0.29, 0.717) is 6.42 Å². The summed E-state index contributed by atoms with van der Waals surface area (Å²) in [4.78, 5) is 0. The van der Waals surface area contributed by atoms with E-state index in [9.17, 15) is 10.2 Å². The normalized spacial score (nSPS) is 14.8. The molecule has 0 radical (unpaired) electrons. The highest BCUT2D eigenvalue weighted by molar-refractivity contribution is 6.20. The van der Waals surface area contributed by atoms with Gasteiger partial charge >= 0.3 is 0 Å². The summed E-state index contributed by atoms with van der Waals surface area (Å²) in [7, 11) is 0. The van der Waals surface area contributed by atoms with Crippen molar-refractivity contribution >= 4 is 11.6 Å². The van der Waals surface area contributed by atoms with Crippen LogP contribution in [0.3, 0.4) is 0 Å². The van der Waals surface area contributed by atoms with Crippen LogP contribution in [0.4, 0.5) is 0 Å². The van der Waals surface area contributed by atoms with E-state index in [2.05, 4.69) is 6.92 Å². The van der Waals surface area contributed by atoms with E-state index in [-0.39, 0.29) is 6.61 Å². The highest BCUT2D eigenvalue weighted by Crippen LogP contribution is 2.20. The minimum Gasteiger partial charge on any atom is -0.394 e. The van der Waals surface area contributed by atoms with Crippen molar-refractivity contribution in [1.29, 1.82) is 0 Å². The van der Waals surface area contributed by atoms with Crippen LogP contribution < -0.4 is 5.73 Å². The van der Waals surface area contributed by atoms with Crippen LogP contribution in [0.25, 0.3) is 0 Å². The first-order valence-corrected chi connectivity index (χ1v) is 13.2. The first-order valence-electron chi connectivity index (χ1n) is 12.8. The highest BCUT2D eigenvalue weighted by atomic mass is 35.5. The molecule has 29 heavy (non-hydrogen) atoms. The molecule has 0 aliphatic rings. The van der Waals surface area contributed by atoms with Crippen LogP contribution in [-0.2, 0) is 0 Å². The summed E-state index contributed by atoms with van der Waals surface area (Å²) >= 11 is 5.65. The predicted molar refractivity (Wildman–Crippen MR) is 128 cm³/mol. The third-order valence-electron chi connectivity index (χ3n) is 6.26. The second-order valence-corrected chi connectivity index (χ2v) is 9.61. The topological polar surface area (TPSA) is 66.5 Å². The van der Waals surface area contributed by atoms with Crippen molar-refractivity contribution in [3.63, 3.8) is 0 Å². The average Bonchev–Trinajstić information content (AvgIpc) is 2.72. The van der Waals surface area contributed by atoms with Crippen molar-refractivity contribution in [2.45, 2.75) is 153 Å². The Morgan fingerprint density at radius 3 is 1.14 bits per heavy atom. The minimum atomic E-state index is -1.17. The minimum absolute atomic E-state index is 0.267. The molecule has 0 amide bonds. The monoisotopic (exact) mass is 433 g/mol. The molecular weight excluding hydrogens is 382 g/mol. The van der Waals surface area contributed by atoms with Gasteiger partial charge in [0, 0.05) is 0 Å². The summed E-state index contributed by atoms with van der Waals surface area (Å²) < 4.78 is 0. The number of halogens is 1. The molecule has 4 N–H and O–H groups in total. The summed E-state index contributed by atoms with van der Waals surface area (Å²) in [6.45, 7) is 2.02. The van der Waals surface area contributed by atoms with Crippen molar-refractivity contribution < 1.29 is 10.2 Å². The van der Waals surface area contributed by atoms with Crippen LogP contribution in [0, 0.1) is 0 Å². The zero-order valence-electron chi connectivity index (χ0n) is 19.5. The van der Waals surface area contributed by atoms with E-state index in [0.717, 1.165) is 12.8 Å². The molecule has 0 aliphatic carbocycles. The number of alkyl halides is 1. The van der Waals surface area contributed by atoms with Gasteiger partial charge in [-0.25, -0.2) is 0 Å². The second kappa shape index (κ2) is 21.4. The van der Waals surface area contributed by atoms with Gasteiger partial charge < -0.3 is 15.9 Å². The SMILES string of the molecule is CCCCCCCCCCCCCCCCCCCCCCC(N)(CO)C(O)Cl. The Hall–Kier alpha value is 0.170. The molecule has 0 rings (SSSR count). The molecular formula is C25H52ClNO2. The number of unbranched alkanes of at least 4 members (excludes halogenated alkanes) is 19. The van der Waals surface area contributed by atoms with E-state index in [1.807, 2.05) is 0 Å². The lowest BCUT2D eigenvalue weighted by atomic mass is 9.94. The molecule has 3 nitrogen and oxygen atoms in total. The molecule has 0 aliphatic heterocycles. The largest absolute Gasteiger partial charge is 0.394 e. The van der Waals surface area contributed by atoms with E-state index in [4.69, 9.17) is 17.3 Å². The molecule has 2 atom stereocenters. The molecule has 2 unspecified atom stereocenters. The van der Waals surface area contributed by atoms with Gasteiger partial charge in [0.1, 0.15) is 5.56 Å². The van der Waals surface area contributed by atoms with Gasteiger partial charge in [-0.05, 0) is 6.42 Å². The zero-order valence-corrected chi connectivity index (χ0v) is 20.2. The zero-order chi connectivity index (χ0) is 21.6. The molecule has 0 saturated heterocycles. The van der Waals surface area contributed by atoms with Gasteiger partial charge in [-0.2, -0.15) is 0 Å². The first-order chi connectivity index (χ1) is 14.1. The molecule has 0 fully saturated rings. The fourth-order valence-electron chi connectivity index (χ4n) is 3.98. The van der Waals surface area contributed by atoms with Crippen molar-refractivity contribution in [2.24, 2.45) is 5.73 Å². The molecule has 0 heterocycles. The summed E-state index contributed by atoms with van der Waals surface area (Å²) in [6.07, 6.45) is 27.7. The van der Waals surface area contributed by atoms with Crippen molar-refractivity contribution in [1.82, 2.24) is 0 Å². The molecule has 176 valence electrons. The van der Waals surface area contributed by atoms with Crippen molar-refractivity contribution in [3.8, 4) is 0 Å². The lowest BCUT2D eigenvalue weighted by Crippen LogP contribution is -2.51. The lowest BCUT2D eigenvalue weighted by Gasteiger charge is -2.28. The Bertz CT molecular complexity index is 328. The molecule has 0 aromatic heterocycles. The number of hydrogen-bond donors (Lipinski definition) is 3. The van der Waals surface area contributed by atoms with Crippen LogP contribution >= 0.6 is 11.6 Å². The number of aliphatic hydroxyl groups is 2. The first kappa shape index (κ1) is 29.2. The van der Waals surface area contributed by atoms with Gasteiger partial charge in [0.2, 0.25) is 0 Å². The van der Waals surface area contributed by atoms with E-state index < -0.39 is 11.1 Å². The Morgan fingerprint density at radius 1 is 0.621 bits per heavy atom. The summed E-state index contributed by atoms with van der Waals surface area (Å²) in [5.74, 6) is 0. The quantitative estimate of drug-likeness (QED) is 0.116. The fourth-order valence-corrected chi connectivity index (χ4v) is 4.16. The van der Waals surface area contributed by atoms with Crippen LogP contribution in [0.1, 0.15) is 142 Å². The fraction of sp³-hybridized carbons (Fsp3) is 1.00. The average molecular weight is 434 g/mol. The van der Waals surface area contributed by atoms with Crippen LogP contribution in [-0.4, -0.2) is 27.9 Å². The van der Waals surface area contributed by atoms with Crippen molar-refractivity contribution in [3.05, 3.63) is 0 Å². The predicted octanol–water partition coefficient (Wildman–Crippen LogP) is 7.45. The second-order valence-electron chi connectivity index (χ2n) is 9.19. The maximum atomic E-state index is 9.41. The van der Waals surface area contributed by atoms with Crippen molar-refractivity contribution in [2.75, 3.05) is 6.61 Å². The number of hydrogen-bond acceptors (Lipinski definition) is 3. The molecule has 0 spiro atoms. The Morgan fingerprint density at radius 2 is 0.897 bits per heavy atom. The number of nitrogens with two attached hydrogens (primary N) is 1. The van der Waals surface area contributed by atoms with Crippen LogP contribution in [0.15, 0.2) is 0 Å². The Kier molecular flexibility index (Phi) is 21.5. The molecule has 4 heteroatoms. The Labute approximate surface area is 187 Å². The number of aliphatic hydroxyl groups excluding tert-OH is 2. The lowest BCUT2D eigenvalue weighted by molar-refractivity contribution is 0.0864. The molecule has 0 aromatic rings. The van der Waals surface area contributed by atoms with Gasteiger partial charge in [0.25, 0.3) is 0 Å². The van der Waals surface area contributed by atoms with E-state index in [1.54, 1.807) is 0 Å². The van der Waals surface area contributed by atoms with Crippen LogP contribution in [0.2, 0.25) is 0 Å². The third kappa shape index (κ3) is 18.6.